The van der Waals surface area contributed by atoms with Crippen LogP contribution in [0.1, 0.15) is 67.3 Å². The van der Waals surface area contributed by atoms with Crippen LogP contribution in [0.4, 0.5) is 0 Å². The monoisotopic (exact) mass is 354 g/mol. The molecular formula is C23H27ClO. The van der Waals surface area contributed by atoms with E-state index in [9.17, 15) is 4.79 Å². The van der Waals surface area contributed by atoms with Crippen LogP contribution in [-0.4, -0.2) is 5.78 Å². The Hall–Kier alpha value is -1.86. The zero-order valence-corrected chi connectivity index (χ0v) is 15.7. The lowest BCUT2D eigenvalue weighted by atomic mass is 9.91. The number of hydrogen-bond acceptors (Lipinski definition) is 1. The molecule has 0 aliphatic rings. The molecular weight excluding hydrogens is 328 g/mol. The second kappa shape index (κ2) is 10.9. The average Bonchev–Trinajstić information content (AvgIpc) is 2.65. The van der Waals surface area contributed by atoms with Crippen LogP contribution >= 0.6 is 11.6 Å². The zero-order chi connectivity index (χ0) is 17.9. The first kappa shape index (κ1) is 19.5. The van der Waals surface area contributed by atoms with Crippen molar-refractivity contribution < 1.29 is 4.79 Å². The molecule has 0 amide bonds. The summed E-state index contributed by atoms with van der Waals surface area (Å²) in [5.41, 5.74) is 1.91. The van der Waals surface area contributed by atoms with E-state index < -0.39 is 0 Å². The lowest BCUT2D eigenvalue weighted by Gasteiger charge is -2.13. The predicted octanol–water partition coefficient (Wildman–Crippen LogP) is 7.22. The number of unbranched alkanes of at least 4 members (excludes halogenated alkanes) is 4. The van der Waals surface area contributed by atoms with Crippen molar-refractivity contribution in [3.8, 4) is 0 Å². The molecule has 0 radical (unpaired) electrons. The van der Waals surface area contributed by atoms with Gasteiger partial charge in [-0.3, -0.25) is 4.79 Å². The van der Waals surface area contributed by atoms with Crippen LogP contribution in [0.15, 0.2) is 66.7 Å². The maximum Gasteiger partial charge on any atom is 0.163 e. The minimum absolute atomic E-state index is 0.0937. The third-order valence-electron chi connectivity index (χ3n) is 4.39. The number of carbonyl (C=O) groups is 1. The van der Waals surface area contributed by atoms with Crippen molar-refractivity contribution in [1.82, 2.24) is 0 Å². The van der Waals surface area contributed by atoms with Gasteiger partial charge in [0.05, 0.1) is 0 Å². The number of halogens is 1. The van der Waals surface area contributed by atoms with Crippen LogP contribution in [0.3, 0.4) is 0 Å². The second-order valence-electron chi connectivity index (χ2n) is 6.43. The number of hydrogen-bond donors (Lipinski definition) is 0. The molecule has 0 aliphatic heterocycles. The van der Waals surface area contributed by atoms with E-state index in [-0.39, 0.29) is 11.7 Å². The van der Waals surface area contributed by atoms with E-state index in [4.69, 9.17) is 11.6 Å². The minimum Gasteiger partial charge on any atom is -0.294 e. The van der Waals surface area contributed by atoms with Crippen molar-refractivity contribution in [3.05, 3.63) is 82.9 Å². The van der Waals surface area contributed by atoms with E-state index in [1.807, 2.05) is 54.6 Å². The summed E-state index contributed by atoms with van der Waals surface area (Å²) in [7, 11) is 0. The van der Waals surface area contributed by atoms with Crippen LogP contribution in [-0.2, 0) is 0 Å². The molecule has 132 valence electrons. The van der Waals surface area contributed by atoms with Gasteiger partial charge in [-0.25, -0.2) is 0 Å². The van der Waals surface area contributed by atoms with Gasteiger partial charge in [0.2, 0.25) is 0 Å². The van der Waals surface area contributed by atoms with E-state index >= 15 is 0 Å². The van der Waals surface area contributed by atoms with E-state index in [2.05, 4.69) is 19.1 Å². The Kier molecular flexibility index (Phi) is 8.48. The summed E-state index contributed by atoms with van der Waals surface area (Å²) in [5, 5.41) is 0.723. The predicted molar refractivity (Wildman–Crippen MR) is 107 cm³/mol. The Balaban J connectivity index is 2.05. The number of ketones is 1. The first-order chi connectivity index (χ1) is 12.2. The first-order valence-corrected chi connectivity index (χ1v) is 9.59. The molecule has 0 unspecified atom stereocenters. The number of benzene rings is 2. The topological polar surface area (TPSA) is 17.1 Å². The largest absolute Gasteiger partial charge is 0.294 e. The Labute approximate surface area is 156 Å². The van der Waals surface area contributed by atoms with Crippen LogP contribution in [0.2, 0.25) is 5.02 Å². The third-order valence-corrected chi connectivity index (χ3v) is 4.64. The molecule has 1 nitrogen and oxygen atoms in total. The van der Waals surface area contributed by atoms with Crippen LogP contribution in [0, 0.1) is 0 Å². The molecule has 0 aliphatic carbocycles. The Morgan fingerprint density at radius 2 is 1.72 bits per heavy atom. The quantitative estimate of drug-likeness (QED) is 0.250. The van der Waals surface area contributed by atoms with Crippen LogP contribution in [0.25, 0.3) is 0 Å². The van der Waals surface area contributed by atoms with E-state index in [0.29, 0.717) is 6.42 Å². The molecule has 0 aromatic heterocycles. The number of allylic oxidation sites excluding steroid dienone is 2. The van der Waals surface area contributed by atoms with Crippen molar-refractivity contribution >= 4 is 17.4 Å². The van der Waals surface area contributed by atoms with Gasteiger partial charge in [-0.15, -0.1) is 0 Å². The molecule has 0 saturated heterocycles. The molecule has 2 heteroatoms. The van der Waals surface area contributed by atoms with Gasteiger partial charge in [-0.1, -0.05) is 92.4 Å². The molecule has 0 fully saturated rings. The van der Waals surface area contributed by atoms with Crippen molar-refractivity contribution in [2.45, 2.75) is 51.4 Å². The molecule has 2 aromatic carbocycles. The summed E-state index contributed by atoms with van der Waals surface area (Å²) in [6.45, 7) is 2.22. The fraction of sp³-hybridized carbons (Fsp3) is 0.348. The summed E-state index contributed by atoms with van der Waals surface area (Å²) in [6, 6.07) is 17.4. The Morgan fingerprint density at radius 1 is 1.00 bits per heavy atom. The standard InChI is InChI=1S/C23H27ClO/c1-2-3-4-5-6-8-13-21(19-14-16-22(24)17-15-19)18-23(25)20-11-9-7-10-12-20/h7-17,21H,2-6,18H2,1H3/b13-8+/t21-/m0/s1. The summed E-state index contributed by atoms with van der Waals surface area (Å²) >= 11 is 6.01. The molecule has 0 bridgehead atoms. The second-order valence-corrected chi connectivity index (χ2v) is 6.87. The summed E-state index contributed by atoms with van der Waals surface area (Å²) in [4.78, 5) is 12.6. The third kappa shape index (κ3) is 6.88. The van der Waals surface area contributed by atoms with Gasteiger partial charge in [-0.05, 0) is 30.5 Å². The highest BCUT2D eigenvalue weighted by atomic mass is 35.5. The molecule has 25 heavy (non-hydrogen) atoms. The Morgan fingerprint density at radius 3 is 2.40 bits per heavy atom. The van der Waals surface area contributed by atoms with E-state index in [1.54, 1.807) is 0 Å². The zero-order valence-electron chi connectivity index (χ0n) is 15.0. The summed E-state index contributed by atoms with van der Waals surface area (Å²) in [6.07, 6.45) is 11.0. The number of Topliss-reactive ketones (excluding diaryl/α,β-unsaturated/α-hetero) is 1. The fourth-order valence-corrected chi connectivity index (χ4v) is 3.02. The van der Waals surface area contributed by atoms with E-state index in [0.717, 1.165) is 22.6 Å². The van der Waals surface area contributed by atoms with Crippen molar-refractivity contribution in [2.75, 3.05) is 0 Å². The summed E-state index contributed by atoms with van der Waals surface area (Å²) < 4.78 is 0. The molecule has 2 rings (SSSR count). The normalized spacial score (nSPS) is 12.4. The number of rotatable bonds is 10. The van der Waals surface area contributed by atoms with Crippen molar-refractivity contribution in [2.24, 2.45) is 0 Å². The van der Waals surface area contributed by atoms with Crippen LogP contribution < -0.4 is 0 Å². The lowest BCUT2D eigenvalue weighted by molar-refractivity contribution is 0.0978. The van der Waals surface area contributed by atoms with Gasteiger partial charge < -0.3 is 0 Å². The average molecular weight is 355 g/mol. The highest BCUT2D eigenvalue weighted by Crippen LogP contribution is 2.25. The molecule has 1 atom stereocenters. The maximum atomic E-state index is 12.6. The molecule has 0 N–H and O–H groups in total. The number of carbonyl (C=O) groups excluding carboxylic acids is 1. The van der Waals surface area contributed by atoms with Crippen LogP contribution in [0.5, 0.6) is 0 Å². The minimum atomic E-state index is 0.0937. The van der Waals surface area contributed by atoms with Crippen molar-refractivity contribution in [3.63, 3.8) is 0 Å². The first-order valence-electron chi connectivity index (χ1n) is 9.21. The summed E-state index contributed by atoms with van der Waals surface area (Å²) in [5.74, 6) is 0.271. The van der Waals surface area contributed by atoms with Gasteiger partial charge in [0.25, 0.3) is 0 Å². The Bertz CT molecular complexity index is 658. The fourth-order valence-electron chi connectivity index (χ4n) is 2.90. The smallest absolute Gasteiger partial charge is 0.163 e. The maximum absolute atomic E-state index is 12.6. The van der Waals surface area contributed by atoms with Gasteiger partial charge in [0.1, 0.15) is 0 Å². The lowest BCUT2D eigenvalue weighted by Crippen LogP contribution is -2.06. The van der Waals surface area contributed by atoms with Gasteiger partial charge in [0.15, 0.2) is 5.78 Å². The van der Waals surface area contributed by atoms with E-state index in [1.165, 1.54) is 25.7 Å². The SMILES string of the molecule is CCCCCC/C=C/[C@@H](CC(=O)c1ccccc1)c1ccc(Cl)cc1. The molecule has 0 spiro atoms. The molecule has 0 heterocycles. The van der Waals surface area contributed by atoms with Gasteiger partial charge >= 0.3 is 0 Å². The van der Waals surface area contributed by atoms with Gasteiger partial charge in [-0.2, -0.15) is 0 Å². The highest BCUT2D eigenvalue weighted by Gasteiger charge is 2.14. The van der Waals surface area contributed by atoms with Crippen molar-refractivity contribution in [1.29, 1.82) is 0 Å². The highest BCUT2D eigenvalue weighted by molar-refractivity contribution is 6.30. The molecule has 0 saturated carbocycles. The molecule has 2 aromatic rings. The van der Waals surface area contributed by atoms with Gasteiger partial charge in [0, 0.05) is 22.9 Å².